The van der Waals surface area contributed by atoms with Gasteiger partial charge < -0.3 is 15.7 Å². The molecule has 0 fully saturated rings. The average Bonchev–Trinajstić information content (AvgIpc) is 2.79. The molecule has 0 amide bonds. The highest BCUT2D eigenvalue weighted by Crippen LogP contribution is 2.32. The summed E-state index contributed by atoms with van der Waals surface area (Å²) in [6.45, 7) is 5.96. The molecule has 3 N–H and O–H groups in total. The molecule has 1 aliphatic heterocycles. The fraction of sp³-hybridized carbons (Fsp3) is 0.333. The van der Waals surface area contributed by atoms with E-state index in [0.717, 1.165) is 42.0 Å². The van der Waals surface area contributed by atoms with Gasteiger partial charge in [-0.15, -0.1) is 0 Å². The third-order valence-corrected chi connectivity index (χ3v) is 6.27. The van der Waals surface area contributed by atoms with Crippen molar-refractivity contribution in [1.82, 2.24) is 10.3 Å². The van der Waals surface area contributed by atoms with E-state index in [4.69, 9.17) is 5.11 Å². The van der Waals surface area contributed by atoms with Crippen LogP contribution >= 0.6 is 0 Å². The van der Waals surface area contributed by atoms with E-state index in [-0.39, 0.29) is 18.4 Å². The highest BCUT2D eigenvalue weighted by molar-refractivity contribution is 5.70. The number of hydrogen-bond donors (Lipinski definition) is 3. The molecule has 1 aliphatic rings. The zero-order valence-corrected chi connectivity index (χ0v) is 18.7. The maximum Gasteiger partial charge on any atom is 0.307 e. The number of carboxylic acid groups (broad SMARTS) is 1. The largest absolute Gasteiger partial charge is 0.481 e. The van der Waals surface area contributed by atoms with Crippen molar-refractivity contribution < 1.29 is 9.90 Å². The van der Waals surface area contributed by atoms with Crippen LogP contribution in [0.2, 0.25) is 0 Å². The number of aliphatic carboxylic acids is 1. The van der Waals surface area contributed by atoms with Crippen molar-refractivity contribution in [3.63, 3.8) is 0 Å². The molecule has 0 saturated heterocycles. The maximum absolute atomic E-state index is 11.1. The minimum absolute atomic E-state index is 0.0558. The number of carbonyl (C=O) groups is 1. The van der Waals surface area contributed by atoms with E-state index in [1.807, 2.05) is 24.4 Å². The molecule has 3 atom stereocenters. The SMILES string of the molecule is Cc1cnc2c(c1)NC[C@@H]([C@H](NC[C@@H](C)c1cccc(CC(=O)O)c1)c1ccccc1)C2. The van der Waals surface area contributed by atoms with E-state index < -0.39 is 5.97 Å². The van der Waals surface area contributed by atoms with Crippen LogP contribution in [0.1, 0.15) is 46.8 Å². The van der Waals surface area contributed by atoms with Gasteiger partial charge in [0.25, 0.3) is 0 Å². The molecule has 0 bridgehead atoms. The van der Waals surface area contributed by atoms with E-state index in [9.17, 15) is 4.79 Å². The molecule has 166 valence electrons. The zero-order chi connectivity index (χ0) is 22.5. The summed E-state index contributed by atoms with van der Waals surface area (Å²) < 4.78 is 0. The number of nitrogens with zero attached hydrogens (tertiary/aromatic N) is 1. The monoisotopic (exact) mass is 429 g/mol. The van der Waals surface area contributed by atoms with Crippen LogP contribution in [-0.4, -0.2) is 29.1 Å². The van der Waals surface area contributed by atoms with Crippen molar-refractivity contribution >= 4 is 11.7 Å². The number of carboxylic acids is 1. The van der Waals surface area contributed by atoms with Crippen molar-refractivity contribution in [2.24, 2.45) is 5.92 Å². The Morgan fingerprint density at radius 3 is 2.72 bits per heavy atom. The number of aryl methyl sites for hydroxylation is 1. The summed E-state index contributed by atoms with van der Waals surface area (Å²) >= 11 is 0. The van der Waals surface area contributed by atoms with Gasteiger partial charge in [-0.3, -0.25) is 9.78 Å². The lowest BCUT2D eigenvalue weighted by Gasteiger charge is -2.34. The molecular weight excluding hydrogens is 398 g/mol. The Bertz CT molecular complexity index is 1070. The first kappa shape index (κ1) is 22.0. The second-order valence-electron chi connectivity index (χ2n) is 8.87. The van der Waals surface area contributed by atoms with Gasteiger partial charge in [0.15, 0.2) is 0 Å². The summed E-state index contributed by atoms with van der Waals surface area (Å²) in [5.74, 6) is -0.156. The highest BCUT2D eigenvalue weighted by Gasteiger charge is 2.28. The molecule has 0 radical (unpaired) electrons. The predicted octanol–water partition coefficient (Wildman–Crippen LogP) is 4.74. The van der Waals surface area contributed by atoms with Crippen molar-refractivity contribution in [2.75, 3.05) is 18.4 Å². The number of benzene rings is 2. The van der Waals surface area contributed by atoms with Gasteiger partial charge in [-0.2, -0.15) is 0 Å². The first-order chi connectivity index (χ1) is 15.5. The summed E-state index contributed by atoms with van der Waals surface area (Å²) in [4.78, 5) is 15.8. The Labute approximate surface area is 189 Å². The van der Waals surface area contributed by atoms with Gasteiger partial charge in [-0.1, -0.05) is 61.5 Å². The van der Waals surface area contributed by atoms with Crippen molar-refractivity contribution in [1.29, 1.82) is 0 Å². The highest BCUT2D eigenvalue weighted by atomic mass is 16.4. The third kappa shape index (κ3) is 5.35. The van der Waals surface area contributed by atoms with Gasteiger partial charge in [0.05, 0.1) is 17.8 Å². The second kappa shape index (κ2) is 9.96. The van der Waals surface area contributed by atoms with Crippen LogP contribution in [0.15, 0.2) is 66.9 Å². The zero-order valence-electron chi connectivity index (χ0n) is 18.7. The van der Waals surface area contributed by atoms with Gasteiger partial charge in [0, 0.05) is 31.2 Å². The van der Waals surface area contributed by atoms with E-state index in [2.05, 4.69) is 71.9 Å². The van der Waals surface area contributed by atoms with Crippen LogP contribution in [0.4, 0.5) is 5.69 Å². The summed E-state index contributed by atoms with van der Waals surface area (Å²) in [6.07, 6.45) is 2.93. The van der Waals surface area contributed by atoms with Crippen LogP contribution in [0, 0.1) is 12.8 Å². The first-order valence-corrected chi connectivity index (χ1v) is 11.3. The molecule has 0 saturated carbocycles. The number of fused-ring (bicyclic) bond motifs is 1. The normalized spacial score (nSPS) is 17.1. The Balaban J connectivity index is 1.50. The number of hydrogen-bond acceptors (Lipinski definition) is 4. The van der Waals surface area contributed by atoms with Gasteiger partial charge in [0.1, 0.15) is 0 Å². The molecular formula is C27H31N3O2. The fourth-order valence-electron chi connectivity index (χ4n) is 4.53. The molecule has 0 aliphatic carbocycles. The van der Waals surface area contributed by atoms with E-state index in [1.165, 1.54) is 11.1 Å². The van der Waals surface area contributed by atoms with Gasteiger partial charge in [-0.05, 0) is 47.6 Å². The van der Waals surface area contributed by atoms with E-state index in [0.29, 0.717) is 5.92 Å². The summed E-state index contributed by atoms with van der Waals surface area (Å²) in [5.41, 5.74) is 6.73. The quantitative estimate of drug-likeness (QED) is 0.482. The minimum Gasteiger partial charge on any atom is -0.481 e. The topological polar surface area (TPSA) is 74.2 Å². The fourth-order valence-corrected chi connectivity index (χ4v) is 4.53. The average molecular weight is 430 g/mol. The summed E-state index contributed by atoms with van der Waals surface area (Å²) in [5, 5.41) is 16.5. The molecule has 3 aromatic rings. The molecule has 2 aromatic carbocycles. The van der Waals surface area contributed by atoms with Crippen LogP contribution in [-0.2, 0) is 17.6 Å². The summed E-state index contributed by atoms with van der Waals surface area (Å²) in [6, 6.07) is 20.9. The molecule has 1 aromatic heterocycles. The van der Waals surface area contributed by atoms with Gasteiger partial charge in [0.2, 0.25) is 0 Å². The molecule has 32 heavy (non-hydrogen) atoms. The molecule has 0 unspecified atom stereocenters. The predicted molar refractivity (Wildman–Crippen MR) is 128 cm³/mol. The minimum atomic E-state index is -0.800. The maximum atomic E-state index is 11.1. The number of aromatic nitrogens is 1. The second-order valence-corrected chi connectivity index (χ2v) is 8.87. The Morgan fingerprint density at radius 1 is 1.16 bits per heavy atom. The molecule has 4 rings (SSSR count). The molecule has 0 spiro atoms. The van der Waals surface area contributed by atoms with E-state index >= 15 is 0 Å². The lowest BCUT2D eigenvalue weighted by molar-refractivity contribution is -0.136. The smallest absolute Gasteiger partial charge is 0.307 e. The standard InChI is InChI=1S/C27H31N3O2/c1-18-11-24-25(28-15-18)14-23(17-29-24)27(21-8-4-3-5-9-21)30-16-19(2)22-10-6-7-20(12-22)13-26(31)32/h3-12,15,19,23,27,29-30H,13-14,16-17H2,1-2H3,(H,31,32)/t19-,23+,27-/m1/s1. The number of pyridine rings is 1. The number of rotatable bonds is 8. The first-order valence-electron chi connectivity index (χ1n) is 11.3. The number of nitrogens with one attached hydrogen (secondary N) is 2. The van der Waals surface area contributed by atoms with Crippen LogP contribution in [0.5, 0.6) is 0 Å². The van der Waals surface area contributed by atoms with Gasteiger partial charge in [-0.25, -0.2) is 0 Å². The molecule has 2 heterocycles. The number of anilines is 1. The lowest BCUT2D eigenvalue weighted by atomic mass is 9.86. The van der Waals surface area contributed by atoms with Crippen LogP contribution in [0.3, 0.4) is 0 Å². The Kier molecular flexibility index (Phi) is 6.86. The van der Waals surface area contributed by atoms with Crippen molar-refractivity contribution in [2.45, 2.75) is 38.6 Å². The van der Waals surface area contributed by atoms with Gasteiger partial charge >= 0.3 is 5.97 Å². The molecule has 5 heteroatoms. The Morgan fingerprint density at radius 2 is 1.94 bits per heavy atom. The lowest BCUT2D eigenvalue weighted by Crippen LogP contribution is -2.37. The van der Waals surface area contributed by atoms with E-state index in [1.54, 1.807) is 0 Å². The molecule has 5 nitrogen and oxygen atoms in total. The third-order valence-electron chi connectivity index (χ3n) is 6.27. The van der Waals surface area contributed by atoms with Crippen molar-refractivity contribution in [3.8, 4) is 0 Å². The van der Waals surface area contributed by atoms with Crippen molar-refractivity contribution in [3.05, 3.63) is 94.8 Å². The Hall–Kier alpha value is -3.18. The van der Waals surface area contributed by atoms with Crippen LogP contribution < -0.4 is 10.6 Å². The summed E-state index contributed by atoms with van der Waals surface area (Å²) in [7, 11) is 0. The van der Waals surface area contributed by atoms with Crippen LogP contribution in [0.25, 0.3) is 0 Å².